The highest BCUT2D eigenvalue weighted by atomic mass is 35.5. The third-order valence-corrected chi connectivity index (χ3v) is 2.46. The van der Waals surface area contributed by atoms with Crippen LogP contribution in [0.3, 0.4) is 0 Å². The minimum Gasteiger partial charge on any atom is -0.404 e. The molecule has 0 spiro atoms. The number of hydrogen-bond donors (Lipinski definition) is 0. The lowest BCUT2D eigenvalue weighted by atomic mass is 10.3. The summed E-state index contributed by atoms with van der Waals surface area (Å²) < 4.78 is 6.86. The lowest BCUT2D eigenvalue weighted by molar-refractivity contribution is 0.422. The van der Waals surface area contributed by atoms with Crippen LogP contribution >= 0.6 is 23.2 Å². The zero-order valence-electron chi connectivity index (χ0n) is 8.39. The normalized spacial score (nSPS) is 10.4. The van der Waals surface area contributed by atoms with Gasteiger partial charge in [0, 0.05) is 25.2 Å². The van der Waals surface area contributed by atoms with E-state index in [9.17, 15) is 0 Å². The van der Waals surface area contributed by atoms with Crippen molar-refractivity contribution in [3.63, 3.8) is 0 Å². The molecular weight excluding hydrogens is 251 g/mol. The van der Waals surface area contributed by atoms with E-state index < -0.39 is 0 Å². The van der Waals surface area contributed by atoms with Gasteiger partial charge in [-0.05, 0) is 5.56 Å². The average molecular weight is 259 g/mol. The van der Waals surface area contributed by atoms with Crippen molar-refractivity contribution < 1.29 is 4.74 Å². The second kappa shape index (κ2) is 4.67. The van der Waals surface area contributed by atoms with Crippen LogP contribution in [0.5, 0.6) is 11.9 Å². The highest BCUT2D eigenvalue weighted by Crippen LogP contribution is 2.22. The Morgan fingerprint density at radius 1 is 1.44 bits per heavy atom. The fourth-order valence-corrected chi connectivity index (χ4v) is 1.54. The molecule has 0 N–H and O–H groups in total. The Hall–Kier alpha value is -1.33. The van der Waals surface area contributed by atoms with Gasteiger partial charge in [0.25, 0.3) is 0 Å². The van der Waals surface area contributed by atoms with Crippen molar-refractivity contribution in [1.29, 1.82) is 0 Å². The van der Waals surface area contributed by atoms with E-state index in [1.165, 1.54) is 17.2 Å². The van der Waals surface area contributed by atoms with Crippen molar-refractivity contribution in [3.05, 3.63) is 29.2 Å². The van der Waals surface area contributed by atoms with E-state index in [0.29, 0.717) is 16.8 Å². The van der Waals surface area contributed by atoms with E-state index in [4.69, 9.17) is 27.9 Å². The Kier molecular flexibility index (Phi) is 3.26. The topological polar surface area (TPSA) is 52.8 Å². The first kappa shape index (κ1) is 11.2. The molecule has 0 saturated carbocycles. The van der Waals surface area contributed by atoms with Crippen LogP contribution in [0.4, 0.5) is 0 Å². The van der Waals surface area contributed by atoms with Crippen LogP contribution in [-0.4, -0.2) is 19.7 Å². The van der Waals surface area contributed by atoms with E-state index in [-0.39, 0.29) is 6.01 Å². The minimum absolute atomic E-state index is 0.234. The summed E-state index contributed by atoms with van der Waals surface area (Å²) in [6.45, 7) is 0. The van der Waals surface area contributed by atoms with Gasteiger partial charge >= 0.3 is 6.01 Å². The fraction of sp³-hybridized carbons (Fsp3) is 0.222. The summed E-state index contributed by atoms with van der Waals surface area (Å²) in [4.78, 5) is 7.90. The van der Waals surface area contributed by atoms with Gasteiger partial charge < -0.3 is 4.74 Å². The van der Waals surface area contributed by atoms with Crippen LogP contribution < -0.4 is 4.74 Å². The quantitative estimate of drug-likeness (QED) is 0.794. The van der Waals surface area contributed by atoms with Gasteiger partial charge in [-0.1, -0.05) is 11.6 Å². The van der Waals surface area contributed by atoms with E-state index >= 15 is 0 Å². The number of aryl methyl sites for hydroxylation is 1. The number of ether oxygens (including phenoxy) is 1. The fourth-order valence-electron chi connectivity index (χ4n) is 1.08. The maximum Gasteiger partial charge on any atom is 0.342 e. The number of aromatic nitrogens is 4. The maximum absolute atomic E-state index is 5.87. The van der Waals surface area contributed by atoms with E-state index in [1.807, 2.05) is 0 Å². The number of nitrogens with zero attached hydrogens (tertiary/aromatic N) is 4. The van der Waals surface area contributed by atoms with Crippen molar-refractivity contribution >= 4 is 23.2 Å². The number of alkyl halides is 1. The third-order valence-electron chi connectivity index (χ3n) is 1.83. The molecule has 7 heteroatoms. The first-order valence-electron chi connectivity index (χ1n) is 4.43. The summed E-state index contributed by atoms with van der Waals surface area (Å²) in [6, 6.07) is 1.89. The number of halogens is 2. The molecule has 0 aromatic carbocycles. The van der Waals surface area contributed by atoms with Crippen LogP contribution in [0.2, 0.25) is 5.02 Å². The van der Waals surface area contributed by atoms with Crippen LogP contribution in [0.25, 0.3) is 0 Å². The van der Waals surface area contributed by atoms with E-state index in [1.54, 1.807) is 13.1 Å². The van der Waals surface area contributed by atoms with Crippen LogP contribution in [0, 0.1) is 0 Å². The number of hydrogen-bond acceptors (Lipinski definition) is 4. The van der Waals surface area contributed by atoms with Crippen LogP contribution in [-0.2, 0) is 12.9 Å². The summed E-state index contributed by atoms with van der Waals surface area (Å²) in [5, 5.41) is 4.47. The molecule has 0 bridgehead atoms. The summed E-state index contributed by atoms with van der Waals surface area (Å²) in [5.74, 6) is 0.666. The molecule has 0 amide bonds. The Morgan fingerprint density at radius 3 is 2.88 bits per heavy atom. The number of pyridine rings is 1. The van der Waals surface area contributed by atoms with Gasteiger partial charge in [-0.2, -0.15) is 4.98 Å². The molecule has 0 atom stereocenters. The lowest BCUT2D eigenvalue weighted by Crippen LogP contribution is -1.93. The third kappa shape index (κ3) is 2.43. The molecule has 0 aliphatic rings. The summed E-state index contributed by atoms with van der Waals surface area (Å²) in [6.07, 6.45) is 3.02. The van der Waals surface area contributed by atoms with Crippen LogP contribution in [0.15, 0.2) is 18.6 Å². The largest absolute Gasteiger partial charge is 0.404 e. The second-order valence-corrected chi connectivity index (χ2v) is 3.72. The predicted octanol–water partition coefficient (Wildman–Crippen LogP) is 2.39. The highest BCUT2D eigenvalue weighted by Gasteiger charge is 2.06. The summed E-state index contributed by atoms with van der Waals surface area (Å²) in [7, 11) is 1.75. The highest BCUT2D eigenvalue weighted by molar-refractivity contribution is 6.32. The molecule has 0 aliphatic carbocycles. The lowest BCUT2D eigenvalue weighted by Gasteiger charge is -2.03. The molecule has 0 aliphatic heterocycles. The van der Waals surface area contributed by atoms with Crippen molar-refractivity contribution in [2.24, 2.45) is 7.05 Å². The van der Waals surface area contributed by atoms with Crippen molar-refractivity contribution in [2.45, 2.75) is 5.88 Å². The SMILES string of the molecule is Cn1cnc(Oc2cc(CCl)c(Cl)cn2)n1. The van der Waals surface area contributed by atoms with Gasteiger partial charge in [0.15, 0.2) is 0 Å². The average Bonchev–Trinajstić information content (AvgIpc) is 2.67. The smallest absolute Gasteiger partial charge is 0.342 e. The molecule has 0 saturated heterocycles. The Bertz CT molecular complexity index is 500. The van der Waals surface area contributed by atoms with E-state index in [2.05, 4.69) is 15.1 Å². The molecule has 2 aromatic rings. The Labute approximate surface area is 102 Å². The second-order valence-electron chi connectivity index (χ2n) is 3.05. The first-order valence-corrected chi connectivity index (χ1v) is 5.34. The molecule has 2 heterocycles. The number of rotatable bonds is 3. The van der Waals surface area contributed by atoms with E-state index in [0.717, 1.165) is 5.56 Å². The first-order chi connectivity index (χ1) is 7.69. The molecular formula is C9H8Cl2N4O. The summed E-state index contributed by atoms with van der Waals surface area (Å²) >= 11 is 11.6. The summed E-state index contributed by atoms with van der Waals surface area (Å²) in [5.41, 5.74) is 0.754. The Morgan fingerprint density at radius 2 is 2.25 bits per heavy atom. The standard InChI is InChI=1S/C9H8Cl2N4O/c1-15-5-13-9(14-15)16-8-2-6(3-10)7(11)4-12-8/h2,4-5H,3H2,1H3. The molecule has 0 fully saturated rings. The van der Waals surface area contributed by atoms with Gasteiger partial charge in [-0.15, -0.1) is 16.7 Å². The molecule has 84 valence electrons. The molecule has 2 rings (SSSR count). The molecule has 5 nitrogen and oxygen atoms in total. The minimum atomic E-state index is 0.234. The maximum atomic E-state index is 5.87. The molecule has 16 heavy (non-hydrogen) atoms. The monoisotopic (exact) mass is 258 g/mol. The van der Waals surface area contributed by atoms with Crippen molar-refractivity contribution in [3.8, 4) is 11.9 Å². The molecule has 0 unspecified atom stereocenters. The van der Waals surface area contributed by atoms with Crippen molar-refractivity contribution in [1.82, 2.24) is 19.7 Å². The predicted molar refractivity (Wildman–Crippen MR) is 59.9 cm³/mol. The van der Waals surface area contributed by atoms with Gasteiger partial charge in [-0.25, -0.2) is 4.98 Å². The molecule has 2 aromatic heterocycles. The zero-order valence-corrected chi connectivity index (χ0v) is 9.90. The van der Waals surface area contributed by atoms with Gasteiger partial charge in [0.05, 0.1) is 5.02 Å². The Balaban J connectivity index is 2.21. The van der Waals surface area contributed by atoms with Crippen molar-refractivity contribution in [2.75, 3.05) is 0 Å². The van der Waals surface area contributed by atoms with Gasteiger partial charge in [0.2, 0.25) is 5.88 Å². The van der Waals surface area contributed by atoms with Gasteiger partial charge in [0.1, 0.15) is 6.33 Å². The van der Waals surface area contributed by atoms with Gasteiger partial charge in [-0.3, -0.25) is 4.68 Å². The van der Waals surface area contributed by atoms with Crippen LogP contribution in [0.1, 0.15) is 5.56 Å². The zero-order chi connectivity index (χ0) is 11.5. The molecule has 0 radical (unpaired) electrons.